The van der Waals surface area contributed by atoms with Crippen LogP contribution in [0.25, 0.3) is 22.4 Å². The van der Waals surface area contributed by atoms with Crippen molar-refractivity contribution in [3.63, 3.8) is 0 Å². The molecule has 1 heterocycles. The van der Waals surface area contributed by atoms with E-state index in [0.717, 1.165) is 28.2 Å². The summed E-state index contributed by atoms with van der Waals surface area (Å²) in [5, 5.41) is 0. The molecular weight excluding hydrogens is 224 g/mol. The van der Waals surface area contributed by atoms with Gasteiger partial charge in [0.1, 0.15) is 11.6 Å². The summed E-state index contributed by atoms with van der Waals surface area (Å²) in [5.74, 6) is 1.74. The number of fused-ring (bicyclic) bond motifs is 1. The van der Waals surface area contributed by atoms with Crippen molar-refractivity contribution in [2.75, 3.05) is 7.11 Å². The molecule has 0 bridgehead atoms. The van der Waals surface area contributed by atoms with Crippen LogP contribution in [0.15, 0.2) is 42.5 Å². The first-order valence-corrected chi connectivity index (χ1v) is 5.87. The topological polar surface area (TPSA) is 37.9 Å². The molecule has 0 radical (unpaired) electrons. The maximum atomic E-state index is 5.21. The second-order valence-corrected chi connectivity index (χ2v) is 4.28. The van der Waals surface area contributed by atoms with Crippen molar-refractivity contribution in [1.29, 1.82) is 0 Å². The lowest BCUT2D eigenvalue weighted by Crippen LogP contribution is -1.83. The number of aryl methyl sites for hydroxylation is 1. The van der Waals surface area contributed by atoms with Crippen molar-refractivity contribution < 1.29 is 4.74 Å². The second kappa shape index (κ2) is 4.18. The number of aromatic nitrogens is 2. The highest BCUT2D eigenvalue weighted by Crippen LogP contribution is 2.25. The molecule has 0 saturated heterocycles. The molecule has 0 aliphatic rings. The van der Waals surface area contributed by atoms with E-state index in [1.807, 2.05) is 30.3 Å². The normalized spacial score (nSPS) is 10.8. The molecule has 0 saturated carbocycles. The summed E-state index contributed by atoms with van der Waals surface area (Å²) in [6.07, 6.45) is 0. The van der Waals surface area contributed by atoms with Gasteiger partial charge in [0.05, 0.1) is 18.1 Å². The predicted octanol–water partition coefficient (Wildman–Crippen LogP) is 3.55. The molecule has 3 nitrogen and oxygen atoms in total. The number of ether oxygens (including phenoxy) is 1. The first kappa shape index (κ1) is 10.8. The highest BCUT2D eigenvalue weighted by molar-refractivity contribution is 5.81. The number of benzene rings is 2. The molecule has 90 valence electrons. The first-order valence-electron chi connectivity index (χ1n) is 5.87. The third-order valence-electron chi connectivity index (χ3n) is 3.09. The van der Waals surface area contributed by atoms with E-state index in [2.05, 4.69) is 29.0 Å². The molecule has 0 amide bonds. The van der Waals surface area contributed by atoms with Crippen LogP contribution >= 0.6 is 0 Å². The van der Waals surface area contributed by atoms with Crippen LogP contribution < -0.4 is 4.74 Å². The summed E-state index contributed by atoms with van der Waals surface area (Å²) in [6, 6.07) is 14.1. The first-order chi connectivity index (χ1) is 8.78. The lowest BCUT2D eigenvalue weighted by molar-refractivity contribution is 0.415. The van der Waals surface area contributed by atoms with Crippen LogP contribution in [0, 0.1) is 6.92 Å². The summed E-state index contributed by atoms with van der Waals surface area (Å²) in [4.78, 5) is 7.94. The molecule has 0 atom stereocenters. The Hall–Kier alpha value is -2.29. The van der Waals surface area contributed by atoms with E-state index in [-0.39, 0.29) is 0 Å². The molecule has 0 unspecified atom stereocenters. The molecule has 0 fully saturated rings. The molecule has 3 rings (SSSR count). The van der Waals surface area contributed by atoms with Crippen LogP contribution in [0.1, 0.15) is 5.56 Å². The Morgan fingerprint density at radius 1 is 1.11 bits per heavy atom. The average Bonchev–Trinajstić information content (AvgIpc) is 2.81. The average molecular weight is 238 g/mol. The molecule has 1 aromatic heterocycles. The van der Waals surface area contributed by atoms with Crippen molar-refractivity contribution in [1.82, 2.24) is 9.97 Å². The van der Waals surface area contributed by atoms with Gasteiger partial charge in [-0.3, -0.25) is 0 Å². The summed E-state index contributed by atoms with van der Waals surface area (Å²) in [7, 11) is 1.67. The van der Waals surface area contributed by atoms with Gasteiger partial charge in [-0.05, 0) is 24.6 Å². The highest BCUT2D eigenvalue weighted by Gasteiger charge is 2.07. The van der Waals surface area contributed by atoms with E-state index in [9.17, 15) is 0 Å². The smallest absolute Gasteiger partial charge is 0.138 e. The fraction of sp³-hybridized carbons (Fsp3) is 0.133. The van der Waals surface area contributed by atoms with Gasteiger partial charge in [-0.1, -0.05) is 24.3 Å². The van der Waals surface area contributed by atoms with E-state index in [1.165, 1.54) is 5.56 Å². The third kappa shape index (κ3) is 1.74. The number of nitrogens with one attached hydrogen (secondary N) is 1. The van der Waals surface area contributed by atoms with Crippen LogP contribution in [-0.4, -0.2) is 17.1 Å². The van der Waals surface area contributed by atoms with Gasteiger partial charge < -0.3 is 9.72 Å². The minimum atomic E-state index is 0.836. The molecule has 0 aliphatic heterocycles. The van der Waals surface area contributed by atoms with Gasteiger partial charge in [-0.2, -0.15) is 0 Å². The Balaban J connectivity index is 2.17. The van der Waals surface area contributed by atoms with Gasteiger partial charge >= 0.3 is 0 Å². The molecular formula is C15H14N2O. The zero-order valence-corrected chi connectivity index (χ0v) is 10.4. The number of methoxy groups -OCH3 is 1. The standard InChI is InChI=1S/C15H14N2O/c1-10-5-3-4-6-12(10)15-16-13-8-7-11(18-2)9-14(13)17-15/h3-9H,1-2H3,(H,16,17). The molecule has 3 aromatic rings. The molecule has 0 aliphatic carbocycles. The minimum Gasteiger partial charge on any atom is -0.497 e. The molecule has 3 heteroatoms. The molecule has 1 N–H and O–H groups in total. The summed E-state index contributed by atoms with van der Waals surface area (Å²) < 4.78 is 5.21. The molecule has 0 spiro atoms. The lowest BCUT2D eigenvalue weighted by atomic mass is 10.1. The van der Waals surface area contributed by atoms with E-state index in [1.54, 1.807) is 7.11 Å². The van der Waals surface area contributed by atoms with Gasteiger partial charge in [-0.15, -0.1) is 0 Å². The highest BCUT2D eigenvalue weighted by atomic mass is 16.5. The summed E-state index contributed by atoms with van der Waals surface area (Å²) in [6.45, 7) is 2.09. The van der Waals surface area contributed by atoms with E-state index in [4.69, 9.17) is 4.74 Å². The van der Waals surface area contributed by atoms with Gasteiger partial charge in [0, 0.05) is 11.6 Å². The monoisotopic (exact) mass is 238 g/mol. The second-order valence-electron chi connectivity index (χ2n) is 4.28. The SMILES string of the molecule is COc1ccc2nc(-c3ccccc3C)[nH]c2c1. The van der Waals surface area contributed by atoms with Crippen LogP contribution in [0.3, 0.4) is 0 Å². The van der Waals surface area contributed by atoms with Crippen LogP contribution in [-0.2, 0) is 0 Å². The van der Waals surface area contributed by atoms with Gasteiger partial charge in [0.15, 0.2) is 0 Å². The minimum absolute atomic E-state index is 0.836. The van der Waals surface area contributed by atoms with E-state index in [0.29, 0.717) is 0 Å². The Bertz CT molecular complexity index is 701. The zero-order valence-electron chi connectivity index (χ0n) is 10.4. The number of aromatic amines is 1. The molecule has 18 heavy (non-hydrogen) atoms. The third-order valence-corrected chi connectivity index (χ3v) is 3.09. The Kier molecular flexibility index (Phi) is 2.52. The van der Waals surface area contributed by atoms with Gasteiger partial charge in [0.25, 0.3) is 0 Å². The number of H-pyrrole nitrogens is 1. The maximum absolute atomic E-state index is 5.21. The Morgan fingerprint density at radius 3 is 2.72 bits per heavy atom. The summed E-state index contributed by atoms with van der Waals surface area (Å²) >= 11 is 0. The quantitative estimate of drug-likeness (QED) is 0.741. The van der Waals surface area contributed by atoms with E-state index < -0.39 is 0 Å². The maximum Gasteiger partial charge on any atom is 0.138 e. The van der Waals surface area contributed by atoms with Crippen LogP contribution in [0.5, 0.6) is 5.75 Å². The number of rotatable bonds is 2. The Labute approximate surface area is 105 Å². The number of nitrogens with zero attached hydrogens (tertiary/aromatic N) is 1. The Morgan fingerprint density at radius 2 is 1.94 bits per heavy atom. The van der Waals surface area contributed by atoms with Crippen molar-refractivity contribution in [3.05, 3.63) is 48.0 Å². The summed E-state index contributed by atoms with van der Waals surface area (Å²) in [5.41, 5.74) is 4.29. The number of imidazole rings is 1. The van der Waals surface area contributed by atoms with Crippen LogP contribution in [0.2, 0.25) is 0 Å². The molecule has 2 aromatic carbocycles. The predicted molar refractivity (Wildman–Crippen MR) is 72.8 cm³/mol. The van der Waals surface area contributed by atoms with Gasteiger partial charge in [-0.25, -0.2) is 4.98 Å². The van der Waals surface area contributed by atoms with Crippen molar-refractivity contribution in [2.24, 2.45) is 0 Å². The lowest BCUT2D eigenvalue weighted by Gasteiger charge is -2.00. The zero-order chi connectivity index (χ0) is 12.5. The van der Waals surface area contributed by atoms with Crippen molar-refractivity contribution in [2.45, 2.75) is 6.92 Å². The fourth-order valence-corrected chi connectivity index (χ4v) is 2.08. The van der Waals surface area contributed by atoms with Crippen LogP contribution in [0.4, 0.5) is 0 Å². The number of hydrogen-bond donors (Lipinski definition) is 1. The van der Waals surface area contributed by atoms with E-state index >= 15 is 0 Å². The largest absolute Gasteiger partial charge is 0.497 e. The van der Waals surface area contributed by atoms with Crippen molar-refractivity contribution >= 4 is 11.0 Å². The van der Waals surface area contributed by atoms with Crippen molar-refractivity contribution in [3.8, 4) is 17.1 Å². The number of hydrogen-bond acceptors (Lipinski definition) is 2. The van der Waals surface area contributed by atoms with Gasteiger partial charge in [0.2, 0.25) is 0 Å². The fourth-order valence-electron chi connectivity index (χ4n) is 2.08.